The molecule has 1 aliphatic rings. The van der Waals surface area contributed by atoms with Crippen LogP contribution in [0, 0.1) is 0 Å². The molecule has 1 aromatic rings. The zero-order valence-electron chi connectivity index (χ0n) is 6.75. The minimum absolute atomic E-state index is 0.672. The molecule has 0 saturated heterocycles. The first-order valence-electron chi connectivity index (χ1n) is 4.19. The Labute approximate surface area is 67.6 Å². The third-order valence-corrected chi connectivity index (χ3v) is 2.34. The van der Waals surface area contributed by atoms with Crippen LogP contribution in [-0.4, -0.2) is 0 Å². The summed E-state index contributed by atoms with van der Waals surface area (Å²) >= 11 is 0. The van der Waals surface area contributed by atoms with Gasteiger partial charge in [0.1, 0.15) is 0 Å². The van der Waals surface area contributed by atoms with Gasteiger partial charge in [0.05, 0.1) is 0 Å². The summed E-state index contributed by atoms with van der Waals surface area (Å²) in [5, 5.41) is 0. The van der Waals surface area contributed by atoms with Crippen LogP contribution in [0.2, 0.25) is 0 Å². The van der Waals surface area contributed by atoms with Crippen molar-refractivity contribution in [2.75, 3.05) is 0 Å². The minimum Gasteiger partial charge on any atom is -0.0764 e. The van der Waals surface area contributed by atoms with E-state index in [2.05, 4.69) is 43.3 Å². The minimum atomic E-state index is 0.672. The number of allylic oxidation sites excluding steroid dienone is 1. The highest BCUT2D eigenvalue weighted by molar-refractivity contribution is 5.62. The van der Waals surface area contributed by atoms with Crippen molar-refractivity contribution in [1.82, 2.24) is 0 Å². The quantitative estimate of drug-likeness (QED) is 0.567. The summed E-state index contributed by atoms with van der Waals surface area (Å²) < 4.78 is 0. The van der Waals surface area contributed by atoms with E-state index in [0.29, 0.717) is 5.92 Å². The van der Waals surface area contributed by atoms with E-state index < -0.39 is 0 Å². The van der Waals surface area contributed by atoms with Gasteiger partial charge in [0.2, 0.25) is 0 Å². The van der Waals surface area contributed by atoms with Gasteiger partial charge in [-0.3, -0.25) is 0 Å². The smallest absolute Gasteiger partial charge is 0.00246 e. The summed E-state index contributed by atoms with van der Waals surface area (Å²) in [5.41, 5.74) is 2.90. The second-order valence-electron chi connectivity index (χ2n) is 3.00. The van der Waals surface area contributed by atoms with Crippen molar-refractivity contribution < 1.29 is 0 Å². The largest absolute Gasteiger partial charge is 0.0764 e. The molecular formula is C11H12. The molecule has 0 bridgehead atoms. The highest BCUT2D eigenvalue weighted by Gasteiger charge is 2.13. The number of fused-ring (bicyclic) bond motifs is 1. The van der Waals surface area contributed by atoms with Crippen LogP contribution in [0.25, 0.3) is 6.08 Å². The molecule has 0 unspecified atom stereocenters. The molecule has 0 spiro atoms. The first-order chi connectivity index (χ1) is 5.42. The van der Waals surface area contributed by atoms with Gasteiger partial charge in [0.25, 0.3) is 0 Å². The first kappa shape index (κ1) is 6.66. The van der Waals surface area contributed by atoms with Crippen molar-refractivity contribution in [3.05, 3.63) is 41.5 Å². The monoisotopic (exact) mass is 144 g/mol. The molecule has 1 atom stereocenters. The van der Waals surface area contributed by atoms with Crippen molar-refractivity contribution >= 4 is 6.08 Å². The van der Waals surface area contributed by atoms with Crippen LogP contribution in [0.4, 0.5) is 0 Å². The Morgan fingerprint density at radius 3 is 2.91 bits per heavy atom. The van der Waals surface area contributed by atoms with Crippen molar-refractivity contribution in [1.29, 1.82) is 0 Å². The molecule has 0 saturated carbocycles. The second kappa shape index (κ2) is 2.54. The number of hydrogen-bond acceptors (Lipinski definition) is 0. The fourth-order valence-corrected chi connectivity index (χ4v) is 1.68. The average Bonchev–Trinajstić information content (AvgIpc) is 2.47. The molecule has 0 aliphatic heterocycles. The molecule has 0 aromatic heterocycles. The zero-order chi connectivity index (χ0) is 7.68. The summed E-state index contributed by atoms with van der Waals surface area (Å²) in [6.07, 6.45) is 5.74. The van der Waals surface area contributed by atoms with E-state index in [1.807, 2.05) is 0 Å². The molecular weight excluding hydrogens is 132 g/mol. The predicted octanol–water partition coefficient (Wildman–Crippen LogP) is 3.21. The fraction of sp³-hybridized carbons (Fsp3) is 0.273. The molecule has 0 radical (unpaired) electrons. The summed E-state index contributed by atoms with van der Waals surface area (Å²) in [4.78, 5) is 0. The van der Waals surface area contributed by atoms with Gasteiger partial charge in [-0.2, -0.15) is 0 Å². The van der Waals surface area contributed by atoms with Crippen LogP contribution in [0.3, 0.4) is 0 Å². The lowest BCUT2D eigenvalue weighted by Gasteiger charge is -2.05. The molecule has 0 heteroatoms. The Morgan fingerprint density at radius 1 is 1.27 bits per heavy atom. The molecule has 0 N–H and O–H groups in total. The average molecular weight is 144 g/mol. The topological polar surface area (TPSA) is 0 Å². The van der Waals surface area contributed by atoms with Gasteiger partial charge in [-0.1, -0.05) is 43.3 Å². The fourth-order valence-electron chi connectivity index (χ4n) is 1.68. The number of benzene rings is 1. The summed E-state index contributed by atoms with van der Waals surface area (Å²) in [6, 6.07) is 8.63. The molecule has 2 rings (SSSR count). The zero-order valence-corrected chi connectivity index (χ0v) is 6.75. The SMILES string of the molecule is CC[C@@H]1C=Cc2ccccc21. The van der Waals surface area contributed by atoms with Crippen LogP contribution in [-0.2, 0) is 0 Å². The predicted molar refractivity (Wildman–Crippen MR) is 48.5 cm³/mol. The number of hydrogen-bond donors (Lipinski definition) is 0. The molecule has 0 nitrogen and oxygen atoms in total. The van der Waals surface area contributed by atoms with E-state index in [1.54, 1.807) is 0 Å². The Kier molecular flexibility index (Phi) is 1.54. The third-order valence-electron chi connectivity index (χ3n) is 2.34. The third kappa shape index (κ3) is 0.988. The molecule has 56 valence electrons. The normalized spacial score (nSPS) is 20.3. The summed E-state index contributed by atoms with van der Waals surface area (Å²) in [6.45, 7) is 2.23. The van der Waals surface area contributed by atoms with E-state index in [1.165, 1.54) is 17.5 Å². The standard InChI is InChI=1S/C11H12/c1-2-9-7-8-10-5-3-4-6-11(9)10/h3-9H,2H2,1H3/t9-/m1/s1. The van der Waals surface area contributed by atoms with E-state index in [9.17, 15) is 0 Å². The van der Waals surface area contributed by atoms with E-state index in [-0.39, 0.29) is 0 Å². The maximum atomic E-state index is 2.30. The van der Waals surface area contributed by atoms with Gasteiger partial charge in [-0.15, -0.1) is 0 Å². The Hall–Kier alpha value is -1.04. The summed E-state index contributed by atoms with van der Waals surface area (Å²) in [7, 11) is 0. The molecule has 11 heavy (non-hydrogen) atoms. The highest BCUT2D eigenvalue weighted by Crippen LogP contribution is 2.31. The lowest BCUT2D eigenvalue weighted by atomic mass is 9.99. The molecule has 1 aromatic carbocycles. The second-order valence-corrected chi connectivity index (χ2v) is 3.00. The van der Waals surface area contributed by atoms with E-state index >= 15 is 0 Å². The van der Waals surface area contributed by atoms with E-state index in [4.69, 9.17) is 0 Å². The highest BCUT2D eigenvalue weighted by atomic mass is 14.2. The van der Waals surface area contributed by atoms with Gasteiger partial charge in [0, 0.05) is 5.92 Å². The molecule has 0 fully saturated rings. The van der Waals surface area contributed by atoms with Crippen molar-refractivity contribution in [3.8, 4) is 0 Å². The van der Waals surface area contributed by atoms with Gasteiger partial charge >= 0.3 is 0 Å². The Morgan fingerprint density at radius 2 is 2.09 bits per heavy atom. The van der Waals surface area contributed by atoms with Crippen LogP contribution in [0.5, 0.6) is 0 Å². The maximum absolute atomic E-state index is 2.30. The Bertz CT molecular complexity index is 284. The molecule has 0 amide bonds. The van der Waals surface area contributed by atoms with Crippen LogP contribution >= 0.6 is 0 Å². The molecule has 1 aliphatic carbocycles. The van der Waals surface area contributed by atoms with Gasteiger partial charge in [-0.25, -0.2) is 0 Å². The maximum Gasteiger partial charge on any atom is 0.00246 e. The molecule has 0 heterocycles. The van der Waals surface area contributed by atoms with Crippen molar-refractivity contribution in [2.24, 2.45) is 0 Å². The number of rotatable bonds is 1. The lowest BCUT2D eigenvalue weighted by Crippen LogP contribution is -1.89. The van der Waals surface area contributed by atoms with Gasteiger partial charge in [0.15, 0.2) is 0 Å². The van der Waals surface area contributed by atoms with Crippen molar-refractivity contribution in [2.45, 2.75) is 19.3 Å². The van der Waals surface area contributed by atoms with Crippen LogP contribution in [0.15, 0.2) is 30.3 Å². The van der Waals surface area contributed by atoms with E-state index in [0.717, 1.165) is 0 Å². The Balaban J connectivity index is 2.46. The first-order valence-corrected chi connectivity index (χ1v) is 4.19. The van der Waals surface area contributed by atoms with Crippen LogP contribution in [0.1, 0.15) is 30.4 Å². The van der Waals surface area contributed by atoms with Gasteiger partial charge < -0.3 is 0 Å². The van der Waals surface area contributed by atoms with Crippen LogP contribution < -0.4 is 0 Å². The summed E-state index contributed by atoms with van der Waals surface area (Å²) in [5.74, 6) is 0.672. The van der Waals surface area contributed by atoms with Crippen molar-refractivity contribution in [3.63, 3.8) is 0 Å². The lowest BCUT2D eigenvalue weighted by molar-refractivity contribution is 0.818. The van der Waals surface area contributed by atoms with Gasteiger partial charge in [-0.05, 0) is 17.5 Å².